The Labute approximate surface area is 129 Å². The van der Waals surface area contributed by atoms with Crippen LogP contribution in [0.3, 0.4) is 0 Å². The van der Waals surface area contributed by atoms with E-state index in [-0.39, 0.29) is 11.8 Å². The fourth-order valence-corrected chi connectivity index (χ4v) is 4.73. The quantitative estimate of drug-likeness (QED) is 0.934. The number of hydrogen-bond acceptors (Lipinski definition) is 3. The van der Waals surface area contributed by atoms with E-state index < -0.39 is 0 Å². The first-order valence-electron chi connectivity index (χ1n) is 7.89. The number of fused-ring (bicyclic) bond motifs is 5. The van der Waals surface area contributed by atoms with Gasteiger partial charge in [-0.05, 0) is 42.9 Å². The number of carbonyl (C=O) groups excluding carboxylic acids is 1. The van der Waals surface area contributed by atoms with E-state index in [0.29, 0.717) is 22.6 Å². The van der Waals surface area contributed by atoms with Gasteiger partial charge in [0.15, 0.2) is 0 Å². The highest BCUT2D eigenvalue weighted by Gasteiger charge is 2.65. The van der Waals surface area contributed by atoms with Gasteiger partial charge in [-0.1, -0.05) is 25.4 Å². The molecule has 3 fully saturated rings. The highest BCUT2D eigenvalue weighted by atomic mass is 35.5. The number of nitrogens with zero attached hydrogens (tertiary/aromatic N) is 2. The summed E-state index contributed by atoms with van der Waals surface area (Å²) in [6, 6.07) is 0.359. The van der Waals surface area contributed by atoms with Gasteiger partial charge in [-0.25, -0.2) is 9.97 Å². The number of carbonyl (C=O) groups is 1. The van der Waals surface area contributed by atoms with Crippen molar-refractivity contribution < 1.29 is 4.79 Å². The van der Waals surface area contributed by atoms with Crippen molar-refractivity contribution in [2.75, 3.05) is 0 Å². The normalized spacial score (nSPS) is 35.9. The maximum Gasteiger partial charge on any atom is 0.271 e. The molecule has 0 aromatic carbocycles. The molecule has 1 aromatic heterocycles. The summed E-state index contributed by atoms with van der Waals surface area (Å²) in [6.45, 7) is 4.02. The minimum absolute atomic E-state index is 0.136. The first kappa shape index (κ1) is 13.5. The van der Waals surface area contributed by atoms with E-state index in [1.165, 1.54) is 25.5 Å². The summed E-state index contributed by atoms with van der Waals surface area (Å²) in [6.07, 6.45) is 5.62. The molecule has 5 heteroatoms. The summed E-state index contributed by atoms with van der Waals surface area (Å²) >= 11 is 6.10. The minimum atomic E-state index is -0.136. The second kappa shape index (κ2) is 4.67. The van der Waals surface area contributed by atoms with E-state index in [2.05, 4.69) is 15.3 Å². The summed E-state index contributed by atoms with van der Waals surface area (Å²) < 4.78 is 0. The van der Waals surface area contributed by atoms with Gasteiger partial charge in [-0.2, -0.15) is 0 Å². The lowest BCUT2D eigenvalue weighted by Crippen LogP contribution is -2.31. The van der Waals surface area contributed by atoms with Crippen LogP contribution in [-0.2, 0) is 0 Å². The van der Waals surface area contributed by atoms with Crippen LogP contribution in [0.2, 0.25) is 5.02 Å². The van der Waals surface area contributed by atoms with E-state index in [0.717, 1.165) is 23.7 Å². The van der Waals surface area contributed by atoms with Crippen molar-refractivity contribution >= 4 is 17.5 Å². The third-order valence-electron chi connectivity index (χ3n) is 5.53. The van der Waals surface area contributed by atoms with Gasteiger partial charge in [0.1, 0.15) is 11.5 Å². The molecule has 1 heterocycles. The van der Waals surface area contributed by atoms with Crippen LogP contribution >= 0.6 is 11.6 Å². The van der Waals surface area contributed by atoms with Crippen molar-refractivity contribution in [2.24, 2.45) is 23.7 Å². The third-order valence-corrected chi connectivity index (χ3v) is 5.80. The zero-order valence-electron chi connectivity index (χ0n) is 12.3. The molecule has 0 radical (unpaired) electrons. The molecule has 21 heavy (non-hydrogen) atoms. The largest absolute Gasteiger partial charge is 0.347 e. The van der Waals surface area contributed by atoms with Crippen molar-refractivity contribution in [3.8, 4) is 0 Å². The predicted octanol–water partition coefficient (Wildman–Crippen LogP) is 3.03. The number of hydrogen-bond donors (Lipinski definition) is 1. The van der Waals surface area contributed by atoms with E-state index in [4.69, 9.17) is 11.6 Å². The van der Waals surface area contributed by atoms with Crippen molar-refractivity contribution in [3.63, 3.8) is 0 Å². The summed E-state index contributed by atoms with van der Waals surface area (Å²) in [5.74, 6) is 3.85. The summed E-state index contributed by atoms with van der Waals surface area (Å²) in [4.78, 5) is 21.0. The summed E-state index contributed by atoms with van der Waals surface area (Å²) in [5.41, 5.74) is 0.327. The van der Waals surface area contributed by atoms with Gasteiger partial charge >= 0.3 is 0 Å². The topological polar surface area (TPSA) is 54.9 Å². The Morgan fingerprint density at radius 2 is 2.00 bits per heavy atom. The summed E-state index contributed by atoms with van der Waals surface area (Å²) in [5, 5.41) is 3.50. The molecule has 1 amide bonds. The monoisotopic (exact) mass is 305 g/mol. The molecule has 3 aliphatic rings. The third kappa shape index (κ3) is 2.07. The maximum atomic E-state index is 12.5. The Hall–Kier alpha value is -1.16. The Bertz CT molecular complexity index is 587. The molecule has 1 aromatic rings. The molecule has 4 rings (SSSR count). The smallest absolute Gasteiger partial charge is 0.271 e. The van der Waals surface area contributed by atoms with E-state index in [9.17, 15) is 4.79 Å². The Morgan fingerprint density at radius 3 is 2.62 bits per heavy atom. The van der Waals surface area contributed by atoms with Crippen molar-refractivity contribution in [3.05, 3.63) is 22.7 Å². The average molecular weight is 306 g/mol. The van der Waals surface area contributed by atoms with Gasteiger partial charge in [0.05, 0.1) is 11.2 Å². The standard InChI is InChI=1S/C16H20ClN3O/c1-7(2)15-18-6-10(17)13(19-15)16(21)20-14-11-8-3-4-9(5-8)12(11)14/h6-9,11-12,14H,3-5H2,1-2H3,(H,20,21). The lowest BCUT2D eigenvalue weighted by atomic mass is 10.0. The maximum absolute atomic E-state index is 12.5. The SMILES string of the molecule is CC(C)c1ncc(Cl)c(C(=O)NC2C3C4CCC(C4)C23)n1. The Kier molecular flexibility index (Phi) is 3.00. The first-order valence-corrected chi connectivity index (χ1v) is 8.27. The molecular formula is C16H20ClN3O. The molecule has 4 atom stereocenters. The van der Waals surface area contributed by atoms with Crippen LogP contribution < -0.4 is 5.32 Å². The zero-order chi connectivity index (χ0) is 14.7. The molecule has 4 unspecified atom stereocenters. The van der Waals surface area contributed by atoms with Crippen LogP contribution in [0.15, 0.2) is 6.20 Å². The van der Waals surface area contributed by atoms with Crippen molar-refractivity contribution in [2.45, 2.75) is 45.1 Å². The molecule has 0 spiro atoms. The van der Waals surface area contributed by atoms with Gasteiger partial charge in [0.2, 0.25) is 0 Å². The van der Waals surface area contributed by atoms with Crippen LogP contribution in [-0.4, -0.2) is 21.9 Å². The van der Waals surface area contributed by atoms with E-state index in [1.807, 2.05) is 13.8 Å². The Morgan fingerprint density at radius 1 is 1.33 bits per heavy atom. The first-order chi connectivity index (χ1) is 10.1. The van der Waals surface area contributed by atoms with E-state index in [1.54, 1.807) is 0 Å². The fraction of sp³-hybridized carbons (Fsp3) is 0.688. The lowest BCUT2D eigenvalue weighted by Gasteiger charge is -2.12. The van der Waals surface area contributed by atoms with Crippen LogP contribution in [0.1, 0.15) is 55.3 Å². The van der Waals surface area contributed by atoms with Crippen molar-refractivity contribution in [1.82, 2.24) is 15.3 Å². The van der Waals surface area contributed by atoms with Gasteiger partial charge < -0.3 is 5.32 Å². The van der Waals surface area contributed by atoms with Crippen molar-refractivity contribution in [1.29, 1.82) is 0 Å². The highest BCUT2D eigenvalue weighted by molar-refractivity contribution is 6.33. The molecule has 1 N–H and O–H groups in total. The Balaban J connectivity index is 1.50. The molecule has 4 nitrogen and oxygen atoms in total. The number of halogens is 1. The number of amides is 1. The summed E-state index contributed by atoms with van der Waals surface area (Å²) in [7, 11) is 0. The molecule has 3 saturated carbocycles. The highest BCUT2D eigenvalue weighted by Crippen LogP contribution is 2.65. The second-order valence-electron chi connectivity index (χ2n) is 7.07. The molecular weight excluding hydrogens is 286 g/mol. The molecule has 0 saturated heterocycles. The van der Waals surface area contributed by atoms with Crippen LogP contribution in [0.4, 0.5) is 0 Å². The number of aromatic nitrogens is 2. The van der Waals surface area contributed by atoms with E-state index >= 15 is 0 Å². The fourth-order valence-electron chi connectivity index (χ4n) is 4.56. The minimum Gasteiger partial charge on any atom is -0.347 e. The van der Waals surface area contributed by atoms with Gasteiger partial charge in [0.25, 0.3) is 5.91 Å². The van der Waals surface area contributed by atoms with Gasteiger partial charge in [-0.3, -0.25) is 4.79 Å². The van der Waals surface area contributed by atoms with Crippen LogP contribution in [0.5, 0.6) is 0 Å². The second-order valence-corrected chi connectivity index (χ2v) is 7.47. The predicted molar refractivity (Wildman–Crippen MR) is 80.2 cm³/mol. The number of rotatable bonds is 3. The van der Waals surface area contributed by atoms with Crippen LogP contribution in [0, 0.1) is 23.7 Å². The molecule has 2 bridgehead atoms. The van der Waals surface area contributed by atoms with Gasteiger partial charge in [-0.15, -0.1) is 0 Å². The average Bonchev–Trinajstić information content (AvgIpc) is 2.83. The zero-order valence-corrected chi connectivity index (χ0v) is 13.1. The molecule has 0 aliphatic heterocycles. The lowest BCUT2D eigenvalue weighted by molar-refractivity contribution is 0.0939. The van der Waals surface area contributed by atoms with Gasteiger partial charge in [0, 0.05) is 12.0 Å². The van der Waals surface area contributed by atoms with Crippen LogP contribution in [0.25, 0.3) is 0 Å². The molecule has 112 valence electrons. The number of nitrogens with one attached hydrogen (secondary N) is 1. The molecule has 3 aliphatic carbocycles.